The van der Waals surface area contributed by atoms with Gasteiger partial charge in [0.05, 0.1) is 0 Å². The van der Waals surface area contributed by atoms with Gasteiger partial charge >= 0.3 is 0 Å². The molecule has 1 aliphatic heterocycles. The summed E-state index contributed by atoms with van der Waals surface area (Å²) in [7, 11) is 0. The van der Waals surface area contributed by atoms with E-state index in [1.54, 1.807) is 0 Å². The summed E-state index contributed by atoms with van der Waals surface area (Å²) in [6.45, 7) is 20.0. The third kappa shape index (κ3) is 5.41. The SMILES string of the molecule is CCNCC(C)(CC)CN1CCN(C(C)CC)CC1. The first-order chi connectivity index (χ1) is 9.04. The Hall–Kier alpha value is -0.120. The molecule has 2 atom stereocenters. The van der Waals surface area contributed by atoms with Crippen LogP contribution in [0.25, 0.3) is 0 Å². The first kappa shape index (κ1) is 16.9. The highest BCUT2D eigenvalue weighted by Gasteiger charge is 2.27. The van der Waals surface area contributed by atoms with Crippen molar-refractivity contribution in [1.82, 2.24) is 15.1 Å². The average Bonchev–Trinajstić information content (AvgIpc) is 2.45. The van der Waals surface area contributed by atoms with Gasteiger partial charge in [0.1, 0.15) is 0 Å². The first-order valence-corrected chi connectivity index (χ1v) is 8.21. The van der Waals surface area contributed by atoms with Crippen LogP contribution < -0.4 is 5.32 Å². The van der Waals surface area contributed by atoms with Crippen LogP contribution in [-0.4, -0.2) is 61.7 Å². The molecular formula is C16H35N3. The van der Waals surface area contributed by atoms with Gasteiger partial charge in [-0.1, -0.05) is 27.7 Å². The fourth-order valence-electron chi connectivity index (χ4n) is 2.88. The molecule has 0 radical (unpaired) electrons. The average molecular weight is 269 g/mol. The number of nitrogens with zero attached hydrogens (tertiary/aromatic N) is 2. The van der Waals surface area contributed by atoms with E-state index in [-0.39, 0.29) is 0 Å². The molecule has 0 bridgehead atoms. The zero-order valence-corrected chi connectivity index (χ0v) is 13.8. The fourth-order valence-corrected chi connectivity index (χ4v) is 2.88. The van der Waals surface area contributed by atoms with Gasteiger partial charge in [0.15, 0.2) is 0 Å². The van der Waals surface area contributed by atoms with Gasteiger partial charge in [-0.25, -0.2) is 0 Å². The largest absolute Gasteiger partial charge is 0.316 e. The molecule has 0 aromatic heterocycles. The normalized spacial score (nSPS) is 23.2. The van der Waals surface area contributed by atoms with Gasteiger partial charge in [-0.15, -0.1) is 0 Å². The summed E-state index contributed by atoms with van der Waals surface area (Å²) in [4.78, 5) is 5.31. The molecule has 3 nitrogen and oxygen atoms in total. The molecule has 0 saturated carbocycles. The molecule has 1 rings (SSSR count). The second-order valence-corrected chi connectivity index (χ2v) is 6.51. The summed E-state index contributed by atoms with van der Waals surface area (Å²) in [5.74, 6) is 0. The minimum Gasteiger partial charge on any atom is -0.316 e. The molecule has 0 spiro atoms. The first-order valence-electron chi connectivity index (χ1n) is 8.21. The Morgan fingerprint density at radius 2 is 1.74 bits per heavy atom. The van der Waals surface area contributed by atoms with Crippen LogP contribution in [0.5, 0.6) is 0 Å². The van der Waals surface area contributed by atoms with Crippen molar-refractivity contribution in [3.8, 4) is 0 Å². The van der Waals surface area contributed by atoms with E-state index in [0.29, 0.717) is 5.41 Å². The van der Waals surface area contributed by atoms with Crippen molar-refractivity contribution in [3.05, 3.63) is 0 Å². The lowest BCUT2D eigenvalue weighted by Gasteiger charge is -2.41. The predicted molar refractivity (Wildman–Crippen MR) is 84.7 cm³/mol. The molecule has 0 aromatic rings. The van der Waals surface area contributed by atoms with E-state index in [1.807, 2.05) is 0 Å². The Balaban J connectivity index is 2.38. The van der Waals surface area contributed by atoms with Gasteiger partial charge in [0, 0.05) is 45.3 Å². The number of hydrogen-bond donors (Lipinski definition) is 1. The molecule has 0 amide bonds. The second kappa shape index (κ2) is 8.23. The molecule has 0 aliphatic carbocycles. The van der Waals surface area contributed by atoms with Crippen molar-refractivity contribution < 1.29 is 0 Å². The number of hydrogen-bond acceptors (Lipinski definition) is 3. The molecule has 1 heterocycles. The highest BCUT2D eigenvalue weighted by atomic mass is 15.3. The van der Waals surface area contributed by atoms with Crippen molar-refractivity contribution in [2.24, 2.45) is 5.41 Å². The van der Waals surface area contributed by atoms with Crippen LogP contribution in [0.15, 0.2) is 0 Å². The lowest BCUT2D eigenvalue weighted by atomic mass is 9.86. The van der Waals surface area contributed by atoms with Crippen molar-refractivity contribution in [1.29, 1.82) is 0 Å². The quantitative estimate of drug-likeness (QED) is 0.730. The lowest BCUT2D eigenvalue weighted by molar-refractivity contribution is 0.0689. The van der Waals surface area contributed by atoms with Crippen molar-refractivity contribution in [3.63, 3.8) is 0 Å². The number of rotatable bonds is 8. The van der Waals surface area contributed by atoms with Crippen molar-refractivity contribution >= 4 is 0 Å². The topological polar surface area (TPSA) is 18.5 Å². The van der Waals surface area contributed by atoms with Gasteiger partial charge in [-0.05, 0) is 31.7 Å². The standard InChI is InChI=1S/C16H35N3/c1-6-15(4)19-11-9-18(10-12-19)14-16(5,7-2)13-17-8-3/h15,17H,6-14H2,1-5H3. The second-order valence-electron chi connectivity index (χ2n) is 6.51. The molecule has 2 unspecified atom stereocenters. The summed E-state index contributed by atoms with van der Waals surface area (Å²) < 4.78 is 0. The van der Waals surface area contributed by atoms with Crippen LogP contribution in [0.4, 0.5) is 0 Å². The Labute approximate surface area is 120 Å². The maximum Gasteiger partial charge on any atom is 0.0113 e. The van der Waals surface area contributed by atoms with E-state index >= 15 is 0 Å². The molecule has 1 N–H and O–H groups in total. The summed E-state index contributed by atoms with van der Waals surface area (Å²) >= 11 is 0. The monoisotopic (exact) mass is 269 g/mol. The molecular weight excluding hydrogens is 234 g/mol. The summed E-state index contributed by atoms with van der Waals surface area (Å²) in [6, 6.07) is 0.751. The van der Waals surface area contributed by atoms with Gasteiger partial charge < -0.3 is 10.2 Å². The maximum atomic E-state index is 3.53. The zero-order valence-electron chi connectivity index (χ0n) is 13.8. The van der Waals surface area contributed by atoms with Crippen LogP contribution in [0.1, 0.15) is 47.5 Å². The molecule has 1 aliphatic rings. The molecule has 3 heteroatoms. The minimum atomic E-state index is 0.425. The van der Waals surface area contributed by atoms with E-state index in [1.165, 1.54) is 45.6 Å². The van der Waals surface area contributed by atoms with E-state index in [2.05, 4.69) is 49.7 Å². The minimum absolute atomic E-state index is 0.425. The van der Waals surface area contributed by atoms with Crippen LogP contribution in [0.2, 0.25) is 0 Å². The molecule has 114 valence electrons. The number of nitrogens with one attached hydrogen (secondary N) is 1. The summed E-state index contributed by atoms with van der Waals surface area (Å²) in [5, 5.41) is 3.53. The highest BCUT2D eigenvalue weighted by Crippen LogP contribution is 2.22. The van der Waals surface area contributed by atoms with Crippen LogP contribution in [0.3, 0.4) is 0 Å². The fraction of sp³-hybridized carbons (Fsp3) is 1.00. The van der Waals surface area contributed by atoms with Gasteiger partial charge in [-0.3, -0.25) is 4.90 Å². The van der Waals surface area contributed by atoms with E-state index in [0.717, 1.165) is 19.1 Å². The van der Waals surface area contributed by atoms with Gasteiger partial charge in [0.2, 0.25) is 0 Å². The van der Waals surface area contributed by atoms with E-state index in [4.69, 9.17) is 0 Å². The summed E-state index contributed by atoms with van der Waals surface area (Å²) in [5.41, 5.74) is 0.425. The lowest BCUT2D eigenvalue weighted by Crippen LogP contribution is -2.52. The summed E-state index contributed by atoms with van der Waals surface area (Å²) in [6.07, 6.45) is 2.53. The molecule has 19 heavy (non-hydrogen) atoms. The van der Waals surface area contributed by atoms with Crippen molar-refractivity contribution in [2.45, 2.75) is 53.5 Å². The van der Waals surface area contributed by atoms with Gasteiger partial charge in [-0.2, -0.15) is 0 Å². The van der Waals surface area contributed by atoms with Crippen LogP contribution in [0, 0.1) is 5.41 Å². The predicted octanol–water partition coefficient (Wildman–Crippen LogP) is 2.43. The third-order valence-electron chi connectivity index (χ3n) is 4.88. The molecule has 1 fully saturated rings. The van der Waals surface area contributed by atoms with Crippen LogP contribution in [-0.2, 0) is 0 Å². The smallest absolute Gasteiger partial charge is 0.0113 e. The van der Waals surface area contributed by atoms with E-state index in [9.17, 15) is 0 Å². The number of piperazine rings is 1. The van der Waals surface area contributed by atoms with E-state index < -0.39 is 0 Å². The highest BCUT2D eigenvalue weighted by molar-refractivity contribution is 4.83. The maximum absolute atomic E-state index is 3.53. The Kier molecular flexibility index (Phi) is 7.33. The Morgan fingerprint density at radius 3 is 2.21 bits per heavy atom. The molecule has 0 aromatic carbocycles. The Morgan fingerprint density at radius 1 is 1.11 bits per heavy atom. The molecule has 1 saturated heterocycles. The third-order valence-corrected chi connectivity index (χ3v) is 4.88. The van der Waals surface area contributed by atoms with Gasteiger partial charge in [0.25, 0.3) is 0 Å². The van der Waals surface area contributed by atoms with Crippen LogP contribution >= 0.6 is 0 Å². The van der Waals surface area contributed by atoms with Crippen molar-refractivity contribution in [2.75, 3.05) is 45.8 Å². The Bertz CT molecular complexity index is 236. The zero-order chi connectivity index (χ0) is 14.3.